The molecule has 70 heavy (non-hydrogen) atoms. The van der Waals surface area contributed by atoms with Crippen LogP contribution in [0.2, 0.25) is 0 Å². The van der Waals surface area contributed by atoms with Gasteiger partial charge in [-0.05, 0) is 190 Å². The molecular formula is C60H84NO8P. The van der Waals surface area contributed by atoms with Crippen molar-refractivity contribution in [1.29, 1.82) is 0 Å². The summed E-state index contributed by atoms with van der Waals surface area (Å²) < 4.78 is 28.3. The third kappa shape index (κ3) is 8.92. The molecule has 10 heteroatoms. The molecule has 9 nitrogen and oxygen atoms in total. The van der Waals surface area contributed by atoms with E-state index < -0.39 is 25.0 Å². The first-order valence-corrected chi connectivity index (χ1v) is 29.3. The zero-order chi connectivity index (χ0) is 50.0. The quantitative estimate of drug-likeness (QED) is 0.0841. The van der Waals surface area contributed by atoms with E-state index in [0.29, 0.717) is 62.4 Å². The number of aliphatic hydroxyl groups is 2. The van der Waals surface area contributed by atoms with E-state index in [2.05, 4.69) is 88.9 Å². The van der Waals surface area contributed by atoms with Gasteiger partial charge in [0.05, 0.1) is 24.9 Å². The van der Waals surface area contributed by atoms with Gasteiger partial charge in [0.25, 0.3) is 0 Å². The molecule has 0 heterocycles. The lowest BCUT2D eigenvalue weighted by Crippen LogP contribution is -2.62. The number of rotatable bonds is 16. The lowest BCUT2D eigenvalue weighted by Gasteiger charge is -2.64. The lowest BCUT2D eigenvalue weighted by molar-refractivity contribution is -0.204. The van der Waals surface area contributed by atoms with Crippen LogP contribution in [0.25, 0.3) is 0 Å². The molecule has 0 amide bonds. The third-order valence-electron chi connectivity index (χ3n) is 21.2. The summed E-state index contributed by atoms with van der Waals surface area (Å²) in [6.07, 6.45) is 18.3. The molecule has 6 fully saturated rings. The molecule has 0 radical (unpaired) electrons. The van der Waals surface area contributed by atoms with E-state index in [9.17, 15) is 29.5 Å². The highest BCUT2D eigenvalue weighted by Crippen LogP contribution is 2.71. The Bertz CT molecular complexity index is 2350. The monoisotopic (exact) mass is 978 g/mol. The number of carbonyl (C=O) groups is 2. The van der Waals surface area contributed by atoms with Crippen molar-refractivity contribution in [3.8, 4) is 11.8 Å². The maximum Gasteiger partial charge on any atom is 0.303 e. The number of anilines is 1. The number of carboxylic acid groups (broad SMARTS) is 1. The van der Waals surface area contributed by atoms with Crippen LogP contribution >= 0.6 is 7.37 Å². The number of hydrogen-bond acceptors (Lipinski definition) is 8. The predicted molar refractivity (Wildman–Crippen MR) is 279 cm³/mol. The van der Waals surface area contributed by atoms with Gasteiger partial charge in [0, 0.05) is 55.8 Å². The van der Waals surface area contributed by atoms with Crippen LogP contribution < -0.4 is 4.90 Å². The number of ketones is 1. The minimum Gasteiger partial charge on any atom is -0.481 e. The summed E-state index contributed by atoms with van der Waals surface area (Å²) >= 11 is 0. The molecule has 6 saturated carbocycles. The molecule has 1 aromatic rings. The highest BCUT2D eigenvalue weighted by molar-refractivity contribution is 7.59. The molecule has 0 spiro atoms. The fourth-order valence-corrected chi connectivity index (χ4v) is 19.4. The fourth-order valence-electron chi connectivity index (χ4n) is 17.5. The Morgan fingerprint density at radius 1 is 0.971 bits per heavy atom. The minimum atomic E-state index is -3.10. The van der Waals surface area contributed by atoms with Crippen LogP contribution in [-0.4, -0.2) is 83.5 Å². The number of fused-ring (bicyclic) bond motifs is 9. The molecule has 0 unspecified atom stereocenters. The molecule has 382 valence electrons. The molecule has 0 aliphatic heterocycles. The Hall–Kier alpha value is -3.25. The second kappa shape index (κ2) is 19.9. The van der Waals surface area contributed by atoms with Crippen LogP contribution in [0, 0.1) is 75.4 Å². The van der Waals surface area contributed by atoms with Gasteiger partial charge in [-0.15, -0.1) is 19.1 Å². The summed E-state index contributed by atoms with van der Waals surface area (Å²) in [5.41, 5.74) is 4.90. The van der Waals surface area contributed by atoms with E-state index in [1.54, 1.807) is 12.2 Å². The Morgan fingerprint density at radius 3 is 2.41 bits per heavy atom. The Balaban J connectivity index is 0.891. The first-order chi connectivity index (χ1) is 33.3. The van der Waals surface area contributed by atoms with Gasteiger partial charge in [-0.1, -0.05) is 63.5 Å². The normalized spacial score (nSPS) is 40.2. The Morgan fingerprint density at radius 2 is 1.71 bits per heavy atom. The first kappa shape index (κ1) is 51.6. The minimum absolute atomic E-state index is 0.0175. The molecule has 9 rings (SSSR count). The number of benzene rings is 1. The molecule has 0 aromatic heterocycles. The predicted octanol–water partition coefficient (Wildman–Crippen LogP) is 11.9. The van der Waals surface area contributed by atoms with Crippen LogP contribution in [0.4, 0.5) is 5.69 Å². The van der Waals surface area contributed by atoms with E-state index in [4.69, 9.17) is 9.26 Å². The highest BCUT2D eigenvalue weighted by Gasteiger charge is 2.67. The number of nitrogens with zero attached hydrogens (tertiary/aromatic N) is 1. The topological polar surface area (TPSA) is 134 Å². The smallest absolute Gasteiger partial charge is 0.303 e. The summed E-state index contributed by atoms with van der Waals surface area (Å²) in [4.78, 5) is 26.5. The molecule has 3 N–H and O–H groups in total. The van der Waals surface area contributed by atoms with Crippen molar-refractivity contribution in [3.05, 3.63) is 77.9 Å². The van der Waals surface area contributed by atoms with Crippen molar-refractivity contribution in [1.82, 2.24) is 0 Å². The van der Waals surface area contributed by atoms with Crippen molar-refractivity contribution < 1.29 is 38.7 Å². The van der Waals surface area contributed by atoms with Gasteiger partial charge in [-0.25, -0.2) is 0 Å². The summed E-state index contributed by atoms with van der Waals surface area (Å²) in [6.45, 7) is 20.3. The van der Waals surface area contributed by atoms with E-state index in [-0.39, 0.29) is 76.2 Å². The zero-order valence-electron chi connectivity index (χ0n) is 43.3. The highest BCUT2D eigenvalue weighted by atomic mass is 31.2. The van der Waals surface area contributed by atoms with Crippen LogP contribution in [0.3, 0.4) is 0 Å². The van der Waals surface area contributed by atoms with Crippen molar-refractivity contribution in [3.63, 3.8) is 0 Å². The average molecular weight is 978 g/mol. The molecular weight excluding hydrogens is 894 g/mol. The molecule has 8 aliphatic rings. The number of likely N-dealkylation sites (N-methyl/N-ethyl adjacent to an activating group) is 1. The van der Waals surface area contributed by atoms with Gasteiger partial charge < -0.3 is 29.5 Å². The van der Waals surface area contributed by atoms with E-state index in [1.165, 1.54) is 22.3 Å². The van der Waals surface area contributed by atoms with E-state index in [1.807, 2.05) is 13.0 Å². The summed E-state index contributed by atoms with van der Waals surface area (Å²) in [6, 6.07) is 9.09. The number of aliphatic hydroxyl groups excluding tert-OH is 1. The third-order valence-corrected chi connectivity index (χ3v) is 23.5. The summed E-state index contributed by atoms with van der Waals surface area (Å²) in [5.74, 6) is 8.03. The lowest BCUT2D eigenvalue weighted by atomic mass is 9.43. The summed E-state index contributed by atoms with van der Waals surface area (Å²) in [7, 11) is -0.958. The molecule has 0 bridgehead atoms. The Labute approximate surface area is 419 Å². The summed E-state index contributed by atoms with van der Waals surface area (Å²) in [5, 5.41) is 34.0. The average Bonchev–Trinajstić information content (AvgIpc) is 3.81. The van der Waals surface area contributed by atoms with Crippen molar-refractivity contribution >= 4 is 24.8 Å². The molecule has 0 saturated heterocycles. The van der Waals surface area contributed by atoms with Gasteiger partial charge in [-0.3, -0.25) is 14.2 Å². The largest absolute Gasteiger partial charge is 0.481 e. The van der Waals surface area contributed by atoms with Crippen LogP contribution in [-0.2, 0) is 23.4 Å². The number of aliphatic carboxylic acids is 1. The van der Waals surface area contributed by atoms with E-state index >= 15 is 0 Å². The number of hydrogen-bond donors (Lipinski definition) is 3. The zero-order valence-corrected chi connectivity index (χ0v) is 44.2. The van der Waals surface area contributed by atoms with Gasteiger partial charge in [0.1, 0.15) is 5.60 Å². The fraction of sp³-hybridized carbons (Fsp3) is 0.700. The number of allylic oxidation sites excluding steroid dienone is 6. The van der Waals surface area contributed by atoms with E-state index in [0.717, 1.165) is 82.9 Å². The number of carbonyl (C=O) groups excluding carboxylic acids is 1. The SMILES string of the molecule is C=CCP(=O)(CC=C)O[C@@H]1C[C@@H]2C[C@@H](OCCN(C)c3ccc([C@H]4C[C@@]5(C)[C@@H](CC[C@@]5(O)C#CC)[C@@H]5CCC6=CC(=O)CCC6=C54)cc3)CC[C@]2(C)[C@H]2C[C@H](O)[C@]3(C)[C@@H]([C@H](C)CCC(=O)O)CC[C@H]3[C@H]12. The van der Waals surface area contributed by atoms with Gasteiger partial charge in [-0.2, -0.15) is 0 Å². The number of carboxylic acids is 1. The van der Waals surface area contributed by atoms with Gasteiger partial charge >= 0.3 is 5.97 Å². The second-order valence-electron chi connectivity index (χ2n) is 24.4. The van der Waals surface area contributed by atoms with Crippen LogP contribution in [0.5, 0.6) is 0 Å². The first-order valence-electron chi connectivity index (χ1n) is 27.3. The van der Waals surface area contributed by atoms with Crippen molar-refractivity contribution in [2.24, 2.45) is 63.6 Å². The maximum absolute atomic E-state index is 14.5. The van der Waals surface area contributed by atoms with Gasteiger partial charge in [0.2, 0.25) is 7.37 Å². The van der Waals surface area contributed by atoms with Crippen LogP contribution in [0.1, 0.15) is 149 Å². The standard InChI is InChI=1S/C60H84NO8P/c1-9-26-60(66)28-25-49-46-19-15-40-33-43(62)18-20-45(40)55(46)47(37-58(49,60)6)39-13-16-42(17-14-39)61(8)29-30-68-44-24-27-57(5)41(34-44)35-52(69-70(67,31-10-2)32-11-3)56-50-22-21-48(38(4)12-23-54(64)65)59(50,7)53(63)36-51(56)57/h10-11,13-14,16-17,33,38,41,44,46-53,56,63,66H,2-3,12,15,18-25,27-32,34-37H2,1,4-8H3,(H,64,65)/t38-,41+,44+,46+,47-,48-,49+,50+,51+,52-,53+,56+,57+,58+,59-,60+/m1/s1. The van der Waals surface area contributed by atoms with Crippen LogP contribution in [0.15, 0.2) is 72.4 Å². The second-order valence-corrected chi connectivity index (χ2v) is 27.0. The number of ether oxygens (including phenoxy) is 1. The van der Waals surface area contributed by atoms with Crippen molar-refractivity contribution in [2.45, 2.75) is 167 Å². The van der Waals surface area contributed by atoms with Crippen molar-refractivity contribution in [2.75, 3.05) is 37.4 Å². The molecule has 16 atom stereocenters. The maximum atomic E-state index is 14.5. The molecule has 8 aliphatic carbocycles. The van der Waals surface area contributed by atoms with Gasteiger partial charge in [0.15, 0.2) is 5.78 Å². The molecule has 1 aromatic carbocycles. The Kier molecular flexibility index (Phi) is 14.7.